The highest BCUT2D eigenvalue weighted by molar-refractivity contribution is 5.85. The molecule has 0 saturated heterocycles. The quantitative estimate of drug-likeness (QED) is 0.336. The summed E-state index contributed by atoms with van der Waals surface area (Å²) in [6.45, 7) is 9.21. The van der Waals surface area contributed by atoms with Crippen LogP contribution in [0.1, 0.15) is 118 Å². The molecule has 7 atom stereocenters. The van der Waals surface area contributed by atoms with Crippen LogP contribution < -0.4 is 5.32 Å². The molecule has 9 heteroatoms. The van der Waals surface area contributed by atoms with Gasteiger partial charge in [0.15, 0.2) is 6.10 Å². The molecule has 1 amide bonds. The van der Waals surface area contributed by atoms with Gasteiger partial charge in [0.05, 0.1) is 24.2 Å². The first-order valence-electron chi connectivity index (χ1n) is 16.3. The van der Waals surface area contributed by atoms with Crippen molar-refractivity contribution in [1.29, 1.82) is 0 Å². The van der Waals surface area contributed by atoms with E-state index in [1.165, 1.54) is 0 Å². The summed E-state index contributed by atoms with van der Waals surface area (Å²) in [4.78, 5) is 50.6. The van der Waals surface area contributed by atoms with Crippen molar-refractivity contribution in [2.45, 2.75) is 143 Å². The molecule has 0 aromatic carbocycles. The number of amides is 1. The molecule has 0 unspecified atom stereocenters. The number of allylic oxidation sites excluding steroid dienone is 4. The molecular formula is C34H57NO8. The number of carbonyl (C=O) groups is 4. The van der Waals surface area contributed by atoms with Crippen molar-refractivity contribution in [3.8, 4) is 0 Å². The summed E-state index contributed by atoms with van der Waals surface area (Å²) in [7, 11) is 0. The molecule has 0 aromatic rings. The van der Waals surface area contributed by atoms with Crippen LogP contribution in [-0.4, -0.2) is 69.7 Å². The minimum Gasteiger partial charge on any atom is -0.452 e. The van der Waals surface area contributed by atoms with Crippen LogP contribution >= 0.6 is 0 Å². The number of rotatable bonds is 3. The fourth-order valence-corrected chi connectivity index (χ4v) is 5.23. The second-order valence-corrected chi connectivity index (χ2v) is 12.4. The molecular weight excluding hydrogens is 550 g/mol. The van der Waals surface area contributed by atoms with Crippen molar-refractivity contribution in [1.82, 2.24) is 5.32 Å². The third kappa shape index (κ3) is 16.3. The number of ether oxygens (including phenoxy) is 1. The molecule has 246 valence electrons. The molecule has 1 heterocycles. The molecule has 43 heavy (non-hydrogen) atoms. The smallest absolute Gasteiger partial charge is 0.309 e. The average Bonchev–Trinajstić information content (AvgIpc) is 2.96. The van der Waals surface area contributed by atoms with Crippen LogP contribution in [0.3, 0.4) is 0 Å². The van der Waals surface area contributed by atoms with Gasteiger partial charge in [-0.1, -0.05) is 57.9 Å². The maximum atomic E-state index is 12.8. The number of esters is 1. The zero-order chi connectivity index (χ0) is 32.4. The van der Waals surface area contributed by atoms with Gasteiger partial charge in [0.1, 0.15) is 11.6 Å². The Morgan fingerprint density at radius 2 is 1.58 bits per heavy atom. The second kappa shape index (κ2) is 21.4. The van der Waals surface area contributed by atoms with Crippen molar-refractivity contribution in [3.63, 3.8) is 0 Å². The molecule has 0 fully saturated rings. The molecule has 0 bridgehead atoms. The van der Waals surface area contributed by atoms with Crippen LogP contribution in [-0.2, 0) is 23.9 Å². The monoisotopic (exact) mass is 607 g/mol. The fraction of sp³-hybridized carbons (Fsp3) is 0.765. The molecule has 0 aliphatic carbocycles. The van der Waals surface area contributed by atoms with E-state index in [1.54, 1.807) is 13.8 Å². The zero-order valence-electron chi connectivity index (χ0n) is 27.1. The first kappa shape index (κ1) is 38.7. The lowest BCUT2D eigenvalue weighted by Gasteiger charge is -2.23. The van der Waals surface area contributed by atoms with Crippen molar-refractivity contribution >= 4 is 23.4 Å². The van der Waals surface area contributed by atoms with Crippen LogP contribution in [0.15, 0.2) is 23.8 Å². The number of aliphatic hydroxyl groups is 3. The number of hydrogen-bond donors (Lipinski definition) is 4. The Hall–Kier alpha value is -2.36. The summed E-state index contributed by atoms with van der Waals surface area (Å²) in [6.07, 6.45) is 8.06. The summed E-state index contributed by atoms with van der Waals surface area (Å²) in [5.41, 5.74) is 1.04. The third-order valence-electron chi connectivity index (χ3n) is 8.26. The van der Waals surface area contributed by atoms with Crippen LogP contribution in [0.25, 0.3) is 0 Å². The average molecular weight is 608 g/mol. The molecule has 1 rings (SSSR count). The minimum atomic E-state index is -1.16. The maximum absolute atomic E-state index is 12.8. The highest BCUT2D eigenvalue weighted by atomic mass is 16.5. The van der Waals surface area contributed by atoms with Gasteiger partial charge in [-0.05, 0) is 64.2 Å². The molecule has 0 spiro atoms. The van der Waals surface area contributed by atoms with Gasteiger partial charge in [0.25, 0.3) is 5.91 Å². The standard InChI is InChI=1S/C34H57NO8/c1-6-11-32-33(41)35-22-28(37)21-31(40)30(39)19-18-23(3)12-8-13-26(7-2)14-9-15-27(36)16-10-17-29(38)24(4)20-25(5)34(42)43-32/h8,12-13,24-26,28,30-32,37,39-40H,6-7,9-11,14-22H2,1-5H3,(H,35,41)/b13-8+,23-12+/t24-,25-,26-,28-,30+,31-,32-/m0/s1. The van der Waals surface area contributed by atoms with Crippen molar-refractivity contribution < 1.29 is 39.2 Å². The normalized spacial score (nSPS) is 33.3. The Bertz CT molecular complexity index is 929. The van der Waals surface area contributed by atoms with Gasteiger partial charge in [-0.15, -0.1) is 0 Å². The summed E-state index contributed by atoms with van der Waals surface area (Å²) in [5.74, 6) is -1.57. The number of Topliss-reactive ketones (excluding diaryl/α,β-unsaturated/α-hetero) is 2. The van der Waals surface area contributed by atoms with Gasteiger partial charge in [-0.25, -0.2) is 0 Å². The van der Waals surface area contributed by atoms with Crippen molar-refractivity contribution in [3.05, 3.63) is 23.8 Å². The summed E-state index contributed by atoms with van der Waals surface area (Å²) >= 11 is 0. The SMILES string of the molecule is CCC[C@@H]1OC(=O)[C@@H](C)C[C@H](C)C(=O)CCCC(=O)CCC[C@@H](CC)/C=C/C=C(\C)CC[C@@H](O)[C@@H](O)C[C@H](O)CNC1=O. The first-order chi connectivity index (χ1) is 20.4. The third-order valence-corrected chi connectivity index (χ3v) is 8.26. The second-order valence-electron chi connectivity index (χ2n) is 12.4. The van der Waals surface area contributed by atoms with Gasteiger partial charge in [-0.2, -0.15) is 0 Å². The molecule has 0 aromatic heterocycles. The largest absolute Gasteiger partial charge is 0.452 e. The van der Waals surface area contributed by atoms with E-state index < -0.39 is 42.2 Å². The van der Waals surface area contributed by atoms with Gasteiger partial charge in [0.2, 0.25) is 0 Å². The number of ketones is 2. The van der Waals surface area contributed by atoms with Crippen LogP contribution in [0, 0.1) is 17.8 Å². The number of aliphatic hydroxyl groups excluding tert-OH is 3. The number of cyclic esters (lactones) is 1. The Morgan fingerprint density at radius 1 is 0.884 bits per heavy atom. The summed E-state index contributed by atoms with van der Waals surface area (Å²) in [6, 6.07) is 0. The van der Waals surface area contributed by atoms with Crippen LogP contribution in [0.5, 0.6) is 0 Å². The highest BCUT2D eigenvalue weighted by Crippen LogP contribution is 2.20. The topological polar surface area (TPSA) is 150 Å². The van der Waals surface area contributed by atoms with E-state index in [4.69, 9.17) is 4.74 Å². The number of β-amino-alcohol motifs (C(OH)–C–C–N with tert-alkyl or cyclic N) is 1. The van der Waals surface area contributed by atoms with E-state index in [9.17, 15) is 34.5 Å². The van der Waals surface area contributed by atoms with Crippen molar-refractivity contribution in [2.75, 3.05) is 6.54 Å². The van der Waals surface area contributed by atoms with Gasteiger partial charge in [-0.3, -0.25) is 19.2 Å². The van der Waals surface area contributed by atoms with E-state index in [0.29, 0.717) is 50.9 Å². The lowest BCUT2D eigenvalue weighted by atomic mass is 9.91. The number of carbonyl (C=O) groups excluding carboxylic acids is 4. The number of nitrogens with one attached hydrogen (secondary N) is 1. The first-order valence-corrected chi connectivity index (χ1v) is 16.3. The van der Waals surface area contributed by atoms with E-state index in [2.05, 4.69) is 18.3 Å². The lowest BCUT2D eigenvalue weighted by molar-refractivity contribution is -0.160. The Balaban J connectivity index is 2.94. The Morgan fingerprint density at radius 3 is 2.26 bits per heavy atom. The molecule has 1 aliphatic rings. The fourth-order valence-electron chi connectivity index (χ4n) is 5.23. The maximum Gasteiger partial charge on any atom is 0.309 e. The summed E-state index contributed by atoms with van der Waals surface area (Å²) < 4.78 is 5.50. The molecule has 0 radical (unpaired) electrons. The molecule has 0 saturated carbocycles. The van der Waals surface area contributed by atoms with Crippen LogP contribution in [0.4, 0.5) is 0 Å². The lowest BCUT2D eigenvalue weighted by Crippen LogP contribution is -2.43. The van der Waals surface area contributed by atoms with E-state index in [-0.39, 0.29) is 43.3 Å². The van der Waals surface area contributed by atoms with Crippen LogP contribution in [0.2, 0.25) is 0 Å². The molecule has 4 N–H and O–H groups in total. The predicted molar refractivity (Wildman–Crippen MR) is 167 cm³/mol. The predicted octanol–water partition coefficient (Wildman–Crippen LogP) is 4.75. The summed E-state index contributed by atoms with van der Waals surface area (Å²) in [5, 5.41) is 33.8. The Kier molecular flexibility index (Phi) is 19.2. The number of hydrogen-bond acceptors (Lipinski definition) is 8. The Labute approximate surface area is 258 Å². The van der Waals surface area contributed by atoms with E-state index in [1.807, 2.05) is 26.0 Å². The molecule has 9 nitrogen and oxygen atoms in total. The zero-order valence-corrected chi connectivity index (χ0v) is 27.1. The van der Waals surface area contributed by atoms with Gasteiger partial charge >= 0.3 is 5.97 Å². The van der Waals surface area contributed by atoms with Crippen molar-refractivity contribution in [2.24, 2.45) is 17.8 Å². The van der Waals surface area contributed by atoms with E-state index in [0.717, 1.165) is 24.8 Å². The van der Waals surface area contributed by atoms with Gasteiger partial charge < -0.3 is 25.4 Å². The minimum absolute atomic E-state index is 0.00397. The molecule has 1 aliphatic heterocycles. The van der Waals surface area contributed by atoms with E-state index >= 15 is 0 Å². The highest BCUT2D eigenvalue weighted by Gasteiger charge is 2.28. The van der Waals surface area contributed by atoms with Gasteiger partial charge in [0, 0.05) is 38.1 Å².